The number of halogens is 6. The molecule has 0 amide bonds. The summed E-state index contributed by atoms with van der Waals surface area (Å²) in [5, 5.41) is 5.89. The summed E-state index contributed by atoms with van der Waals surface area (Å²) in [6.45, 7) is 0. The second-order valence-corrected chi connectivity index (χ2v) is 16.5. The van der Waals surface area contributed by atoms with E-state index < -0.39 is 7.81 Å². The molecule has 10 heteroatoms. The van der Waals surface area contributed by atoms with E-state index in [4.69, 9.17) is 0 Å². The molecule has 0 N–H and O–H groups in total. The van der Waals surface area contributed by atoms with E-state index in [0.29, 0.717) is 0 Å². The van der Waals surface area contributed by atoms with Gasteiger partial charge in [-0.05, 0) is 67.6 Å². The zero-order valence-corrected chi connectivity index (χ0v) is 27.4. The monoisotopic (exact) mass is 738 g/mol. The first-order chi connectivity index (χ1) is 19.8. The van der Waals surface area contributed by atoms with Crippen LogP contribution >= 0.6 is 23.7 Å². The minimum atomic E-state index is -10.7. The van der Waals surface area contributed by atoms with Crippen molar-refractivity contribution in [2.75, 3.05) is 12.3 Å². The maximum atomic E-state index is 9.87. The van der Waals surface area contributed by atoms with Crippen LogP contribution in [0.2, 0.25) is 0 Å². The topological polar surface area (TPSA) is 0 Å². The van der Waals surface area contributed by atoms with Crippen molar-refractivity contribution >= 4 is 44.9 Å². The van der Waals surface area contributed by atoms with Gasteiger partial charge in [0.1, 0.15) is 0 Å². The first-order valence-electron chi connectivity index (χ1n) is 13.5. The Labute approximate surface area is 264 Å². The van der Waals surface area contributed by atoms with Gasteiger partial charge < -0.3 is 0 Å². The van der Waals surface area contributed by atoms with E-state index >= 15 is 0 Å². The first-order valence-corrected chi connectivity index (χ1v) is 18.6. The molecular weight excluding hydrogens is 706 g/mol. The molecular formula is C33H32F6P3Rh-. The van der Waals surface area contributed by atoms with E-state index in [2.05, 4.69) is 146 Å². The molecule has 0 aliphatic heterocycles. The van der Waals surface area contributed by atoms with Gasteiger partial charge in [0.2, 0.25) is 0 Å². The van der Waals surface area contributed by atoms with Crippen LogP contribution in [0.4, 0.5) is 25.2 Å². The van der Waals surface area contributed by atoms with Gasteiger partial charge in [0.15, 0.2) is 0 Å². The van der Waals surface area contributed by atoms with Crippen LogP contribution < -0.4 is 21.2 Å². The minimum Gasteiger partial charge on any atom is -0.0622 e. The van der Waals surface area contributed by atoms with Gasteiger partial charge in [0.25, 0.3) is 0 Å². The third-order valence-corrected chi connectivity index (χ3v) is 12.0. The summed E-state index contributed by atoms with van der Waals surface area (Å²) in [5.41, 5.74) is 0. The molecule has 1 radical (unpaired) electrons. The molecule has 0 aromatic heterocycles. The Hall–Kier alpha value is -2.15. The molecule has 4 aromatic carbocycles. The third-order valence-electron chi connectivity index (χ3n) is 6.57. The van der Waals surface area contributed by atoms with Crippen molar-refractivity contribution in [1.82, 2.24) is 0 Å². The van der Waals surface area contributed by atoms with Crippen LogP contribution in [0.5, 0.6) is 0 Å². The molecule has 0 nitrogen and oxygen atoms in total. The van der Waals surface area contributed by atoms with Crippen molar-refractivity contribution in [2.24, 2.45) is 11.8 Å². The molecule has 0 heterocycles. The Morgan fingerprint density at radius 2 is 0.651 bits per heavy atom. The number of hydrogen-bond acceptors (Lipinski definition) is 0. The van der Waals surface area contributed by atoms with Gasteiger partial charge in [-0.1, -0.05) is 146 Å². The van der Waals surface area contributed by atoms with E-state index in [1.54, 1.807) is 0 Å². The van der Waals surface area contributed by atoms with Crippen molar-refractivity contribution < 1.29 is 44.7 Å². The standard InChI is InChI=1S/C26H24P2.C7H8.F6P.Rh/c1-5-13-23(14-6-1)27(24-15-7-2-8-16-24)21-22-28(25-17-9-3-10-18-25)26-19-11-4-12-20-26;1-2-7-4-3-6(1)5-7;1-7(2,3,4,5)6;/h1-20H,21-22H2;1-4,6-7H,5H2;;/q;;-1;. The second-order valence-electron chi connectivity index (χ2n) is 9.94. The Balaban J connectivity index is 0.000000276. The van der Waals surface area contributed by atoms with E-state index in [-0.39, 0.29) is 35.3 Å². The van der Waals surface area contributed by atoms with Gasteiger partial charge in [-0.15, -0.1) is 0 Å². The van der Waals surface area contributed by atoms with E-state index in [9.17, 15) is 25.2 Å². The van der Waals surface area contributed by atoms with Crippen LogP contribution in [0.25, 0.3) is 0 Å². The molecule has 0 spiro atoms. The van der Waals surface area contributed by atoms with Crippen LogP contribution in [0.15, 0.2) is 146 Å². The molecule has 43 heavy (non-hydrogen) atoms. The number of rotatable bonds is 7. The molecule has 2 bridgehead atoms. The molecule has 0 atom stereocenters. The van der Waals surface area contributed by atoms with Gasteiger partial charge >= 0.3 is 33.0 Å². The van der Waals surface area contributed by atoms with Crippen LogP contribution in [0, 0.1) is 11.8 Å². The first kappa shape index (κ1) is 35.3. The zero-order chi connectivity index (χ0) is 30.1. The summed E-state index contributed by atoms with van der Waals surface area (Å²) in [7, 11) is -11.4. The number of benzene rings is 4. The van der Waals surface area contributed by atoms with Gasteiger partial charge in [-0.3, -0.25) is 0 Å². The average molecular weight is 738 g/mol. The van der Waals surface area contributed by atoms with Crippen LogP contribution in [0.1, 0.15) is 6.42 Å². The summed E-state index contributed by atoms with van der Waals surface area (Å²) in [6, 6.07) is 44.2. The van der Waals surface area contributed by atoms with Gasteiger partial charge in [0.05, 0.1) is 0 Å². The molecule has 6 rings (SSSR count). The average Bonchev–Trinajstić information content (AvgIpc) is 3.63. The molecule has 2 aliphatic carbocycles. The van der Waals surface area contributed by atoms with Crippen LogP contribution in [0.3, 0.4) is 0 Å². The Morgan fingerprint density at radius 1 is 0.442 bits per heavy atom. The number of allylic oxidation sites excluding steroid dienone is 4. The smallest absolute Gasteiger partial charge is 0 e. The second kappa shape index (κ2) is 14.8. The largest absolute Gasteiger partial charge is 0.0622 e. The van der Waals surface area contributed by atoms with Crippen LogP contribution in [-0.4, -0.2) is 12.3 Å². The summed E-state index contributed by atoms with van der Waals surface area (Å²) in [6.07, 6.45) is 13.0. The third kappa shape index (κ3) is 13.6. The Kier molecular flexibility index (Phi) is 12.1. The van der Waals surface area contributed by atoms with Gasteiger partial charge in [-0.25, -0.2) is 0 Å². The van der Waals surface area contributed by atoms with Crippen LogP contribution in [-0.2, 0) is 19.5 Å². The number of fused-ring (bicyclic) bond motifs is 2. The Bertz CT molecular complexity index is 1250. The molecule has 231 valence electrons. The molecule has 0 saturated heterocycles. The Morgan fingerprint density at radius 3 is 0.814 bits per heavy atom. The van der Waals surface area contributed by atoms with E-state index in [1.165, 1.54) is 40.0 Å². The molecule has 0 fully saturated rings. The van der Waals surface area contributed by atoms with Crippen molar-refractivity contribution in [1.29, 1.82) is 0 Å². The zero-order valence-electron chi connectivity index (χ0n) is 23.1. The maximum Gasteiger partial charge on any atom is 0 e. The SMILES string of the molecule is C1=CC2C=CC1C2.F[P-](F)(F)(F)(F)F.[Rh].c1ccc(P(CCP(c2ccccc2)c2ccccc2)c2ccccc2)cc1. The number of hydrogen-bond donors (Lipinski definition) is 0. The summed E-state index contributed by atoms with van der Waals surface area (Å²) < 4.78 is 59.2. The normalized spacial score (nSPS) is 18.0. The van der Waals surface area contributed by atoms with Crippen molar-refractivity contribution in [3.05, 3.63) is 146 Å². The summed E-state index contributed by atoms with van der Waals surface area (Å²) >= 11 is 0. The van der Waals surface area contributed by atoms with Crippen molar-refractivity contribution in [2.45, 2.75) is 6.42 Å². The molecule has 4 aromatic rings. The summed E-state index contributed by atoms with van der Waals surface area (Å²) in [4.78, 5) is 0. The quantitative estimate of drug-likeness (QED) is 0.0767. The maximum absolute atomic E-state index is 10.7. The fourth-order valence-corrected chi connectivity index (χ4v) is 10.1. The molecule has 2 aliphatic rings. The fraction of sp³-hybridized carbons (Fsp3) is 0.152. The van der Waals surface area contributed by atoms with Crippen molar-refractivity contribution in [3.8, 4) is 0 Å². The van der Waals surface area contributed by atoms with Crippen molar-refractivity contribution in [3.63, 3.8) is 0 Å². The summed E-state index contributed by atoms with van der Waals surface area (Å²) in [5.74, 6) is 1.62. The molecule has 0 saturated carbocycles. The minimum absolute atomic E-state index is 0. The van der Waals surface area contributed by atoms with E-state index in [1.807, 2.05) is 0 Å². The predicted molar refractivity (Wildman–Crippen MR) is 171 cm³/mol. The fourth-order valence-electron chi connectivity index (χ4n) is 4.77. The molecule has 0 unspecified atom stereocenters. The van der Waals surface area contributed by atoms with Gasteiger partial charge in [-0.2, -0.15) is 0 Å². The van der Waals surface area contributed by atoms with Gasteiger partial charge in [0, 0.05) is 19.5 Å². The van der Waals surface area contributed by atoms with E-state index in [0.717, 1.165) is 11.8 Å². The predicted octanol–water partition coefficient (Wildman–Crippen LogP) is 10.4.